The monoisotopic (exact) mass is 549 g/mol. The first-order valence-electron chi connectivity index (χ1n) is 13.4. The average molecular weight is 550 g/mol. The van der Waals surface area contributed by atoms with Gasteiger partial charge in [-0.25, -0.2) is 8.42 Å². The number of carbonyl (C=O) groups excluding carboxylic acids is 1. The van der Waals surface area contributed by atoms with Crippen molar-refractivity contribution in [3.8, 4) is 22.6 Å². The van der Waals surface area contributed by atoms with Gasteiger partial charge in [-0.2, -0.15) is 0 Å². The maximum absolute atomic E-state index is 11.7. The number of rotatable bonds is 7. The standard InChI is InChI=1S/C31H35NO6S/c1-20-15-26(38-25-11-13-39(34,35)14-12-25)16-21(2)31(20)24-6-4-5-23(18-24)28-19-37-29-17-22(7-9-27(29)32-28)8-10-30(33)36-3/h4-7,9,15-18,25,28,32H,8,10-14,19H2,1-3H3. The highest BCUT2D eigenvalue weighted by molar-refractivity contribution is 7.91. The third-order valence-corrected chi connectivity index (χ3v) is 9.23. The summed E-state index contributed by atoms with van der Waals surface area (Å²) in [6.07, 6.45) is 1.97. The molecule has 0 radical (unpaired) electrons. The second-order valence-corrected chi connectivity index (χ2v) is 12.7. The van der Waals surface area contributed by atoms with E-state index in [4.69, 9.17) is 14.2 Å². The van der Waals surface area contributed by atoms with E-state index in [2.05, 4.69) is 43.4 Å². The van der Waals surface area contributed by atoms with E-state index in [0.29, 0.717) is 32.3 Å². The first-order valence-corrected chi connectivity index (χ1v) is 15.2. The second-order valence-electron chi connectivity index (χ2n) is 10.4. The zero-order valence-electron chi connectivity index (χ0n) is 22.7. The number of hydrogen-bond acceptors (Lipinski definition) is 7. The molecular formula is C31H35NO6S. The topological polar surface area (TPSA) is 90.9 Å². The van der Waals surface area contributed by atoms with Crippen molar-refractivity contribution < 1.29 is 27.4 Å². The SMILES string of the molecule is COC(=O)CCc1ccc2c(c1)OCC(c1cccc(-c3c(C)cc(OC4CCS(=O)(=O)CC4)cc3C)c1)N2. The largest absolute Gasteiger partial charge is 0.490 e. The maximum atomic E-state index is 11.7. The van der Waals surface area contributed by atoms with Crippen LogP contribution in [0.15, 0.2) is 54.6 Å². The normalized spacial score (nSPS) is 18.4. The number of sulfone groups is 1. The van der Waals surface area contributed by atoms with Crippen molar-refractivity contribution in [2.75, 3.05) is 30.5 Å². The highest BCUT2D eigenvalue weighted by atomic mass is 32.2. The van der Waals surface area contributed by atoms with E-state index in [1.807, 2.05) is 30.3 Å². The summed E-state index contributed by atoms with van der Waals surface area (Å²) in [4.78, 5) is 11.5. The van der Waals surface area contributed by atoms with Crippen molar-refractivity contribution in [1.29, 1.82) is 0 Å². The van der Waals surface area contributed by atoms with Gasteiger partial charge in [-0.05, 0) is 96.8 Å². The average Bonchev–Trinajstić information content (AvgIpc) is 2.92. The molecule has 7 nitrogen and oxygen atoms in total. The molecule has 1 unspecified atom stereocenters. The fraction of sp³-hybridized carbons (Fsp3) is 0.387. The number of methoxy groups -OCH3 is 1. The van der Waals surface area contributed by atoms with Crippen LogP contribution in [-0.4, -0.2) is 45.7 Å². The fourth-order valence-electron chi connectivity index (χ4n) is 5.43. The Morgan fingerprint density at radius 3 is 2.49 bits per heavy atom. The zero-order chi connectivity index (χ0) is 27.6. The summed E-state index contributed by atoms with van der Waals surface area (Å²) < 4.78 is 40.5. The van der Waals surface area contributed by atoms with Crippen LogP contribution in [-0.2, 0) is 25.8 Å². The second kappa shape index (κ2) is 11.3. The summed E-state index contributed by atoms with van der Waals surface area (Å²) >= 11 is 0. The lowest BCUT2D eigenvalue weighted by Crippen LogP contribution is -2.30. The van der Waals surface area contributed by atoms with Gasteiger partial charge in [0.15, 0.2) is 9.84 Å². The van der Waals surface area contributed by atoms with Gasteiger partial charge in [-0.3, -0.25) is 4.79 Å². The summed E-state index contributed by atoms with van der Waals surface area (Å²) in [7, 11) is -1.51. The van der Waals surface area contributed by atoms with Crippen molar-refractivity contribution in [2.45, 2.75) is 51.7 Å². The van der Waals surface area contributed by atoms with Gasteiger partial charge in [-0.1, -0.05) is 24.3 Å². The van der Waals surface area contributed by atoms with Crippen molar-refractivity contribution >= 4 is 21.5 Å². The summed E-state index contributed by atoms with van der Waals surface area (Å²) in [6, 6.07) is 18.6. The van der Waals surface area contributed by atoms with Crippen LogP contribution in [0.1, 0.15) is 47.6 Å². The number of carbonyl (C=O) groups is 1. The van der Waals surface area contributed by atoms with E-state index in [9.17, 15) is 13.2 Å². The number of nitrogens with one attached hydrogen (secondary N) is 1. The van der Waals surface area contributed by atoms with Crippen molar-refractivity contribution in [3.05, 3.63) is 76.9 Å². The first-order chi connectivity index (χ1) is 18.7. The Morgan fingerprint density at radius 2 is 1.77 bits per heavy atom. The molecule has 2 aliphatic heterocycles. The molecule has 0 aromatic heterocycles. The first kappa shape index (κ1) is 27.1. The number of benzene rings is 3. The number of anilines is 1. The number of ether oxygens (including phenoxy) is 3. The lowest BCUT2D eigenvalue weighted by Gasteiger charge is -2.28. The van der Waals surface area contributed by atoms with Gasteiger partial charge in [0, 0.05) is 6.42 Å². The third-order valence-electron chi connectivity index (χ3n) is 7.52. The molecule has 0 amide bonds. The van der Waals surface area contributed by atoms with Crippen LogP contribution < -0.4 is 14.8 Å². The summed E-state index contributed by atoms with van der Waals surface area (Å²) in [5.41, 5.74) is 7.63. The minimum Gasteiger partial charge on any atom is -0.490 e. The van der Waals surface area contributed by atoms with Gasteiger partial charge in [0.25, 0.3) is 0 Å². The van der Waals surface area contributed by atoms with Gasteiger partial charge >= 0.3 is 5.97 Å². The summed E-state index contributed by atoms with van der Waals surface area (Å²) in [5, 5.41) is 3.61. The van der Waals surface area contributed by atoms with Crippen molar-refractivity contribution in [2.24, 2.45) is 0 Å². The van der Waals surface area contributed by atoms with Gasteiger partial charge in [0.05, 0.1) is 30.3 Å². The van der Waals surface area contributed by atoms with Crippen LogP contribution in [0.5, 0.6) is 11.5 Å². The lowest BCUT2D eigenvalue weighted by atomic mass is 9.92. The number of fused-ring (bicyclic) bond motifs is 1. The molecule has 8 heteroatoms. The molecule has 1 N–H and O–H groups in total. The Bertz CT molecular complexity index is 1450. The van der Waals surface area contributed by atoms with E-state index in [-0.39, 0.29) is 29.6 Å². The van der Waals surface area contributed by atoms with E-state index >= 15 is 0 Å². The molecule has 0 saturated carbocycles. The molecule has 3 aromatic carbocycles. The summed E-state index contributed by atoms with van der Waals surface area (Å²) in [5.74, 6) is 1.75. The molecule has 39 heavy (non-hydrogen) atoms. The van der Waals surface area contributed by atoms with Crippen LogP contribution in [0.4, 0.5) is 5.69 Å². The molecule has 2 heterocycles. The molecule has 1 saturated heterocycles. The Balaban J connectivity index is 1.29. The minimum absolute atomic E-state index is 0.00386. The highest BCUT2D eigenvalue weighted by Crippen LogP contribution is 2.37. The third kappa shape index (κ3) is 6.38. The van der Waals surface area contributed by atoms with Gasteiger partial charge in [0.1, 0.15) is 24.2 Å². The molecule has 2 aliphatic rings. The molecule has 0 spiro atoms. The lowest BCUT2D eigenvalue weighted by molar-refractivity contribution is -0.140. The van der Waals surface area contributed by atoms with E-state index in [1.165, 1.54) is 12.7 Å². The Hall–Kier alpha value is -3.52. The van der Waals surface area contributed by atoms with E-state index in [0.717, 1.165) is 45.0 Å². The maximum Gasteiger partial charge on any atom is 0.305 e. The fourth-order valence-corrected chi connectivity index (χ4v) is 6.88. The highest BCUT2D eigenvalue weighted by Gasteiger charge is 2.25. The molecule has 206 valence electrons. The molecule has 0 aliphatic carbocycles. The number of esters is 1. The molecular weight excluding hydrogens is 514 g/mol. The zero-order valence-corrected chi connectivity index (χ0v) is 23.5. The van der Waals surface area contributed by atoms with Crippen LogP contribution in [0.25, 0.3) is 11.1 Å². The van der Waals surface area contributed by atoms with Crippen LogP contribution >= 0.6 is 0 Å². The Kier molecular flexibility index (Phi) is 7.84. The Labute approximate surface area is 230 Å². The van der Waals surface area contributed by atoms with Gasteiger partial charge in [-0.15, -0.1) is 0 Å². The molecule has 0 bridgehead atoms. The Morgan fingerprint density at radius 1 is 1.03 bits per heavy atom. The predicted octanol–water partition coefficient (Wildman–Crippen LogP) is 5.58. The van der Waals surface area contributed by atoms with Gasteiger partial charge in [0.2, 0.25) is 0 Å². The summed E-state index contributed by atoms with van der Waals surface area (Å²) in [6.45, 7) is 4.67. The van der Waals surface area contributed by atoms with Gasteiger partial charge < -0.3 is 19.5 Å². The number of aryl methyl sites for hydroxylation is 3. The predicted molar refractivity (Wildman–Crippen MR) is 152 cm³/mol. The molecule has 1 fully saturated rings. The smallest absolute Gasteiger partial charge is 0.305 e. The minimum atomic E-state index is -2.91. The van der Waals surface area contributed by atoms with Crippen molar-refractivity contribution in [1.82, 2.24) is 0 Å². The van der Waals surface area contributed by atoms with Crippen LogP contribution in [0.2, 0.25) is 0 Å². The molecule has 1 atom stereocenters. The van der Waals surface area contributed by atoms with E-state index in [1.54, 1.807) is 0 Å². The molecule has 3 aromatic rings. The number of hydrogen-bond donors (Lipinski definition) is 1. The quantitative estimate of drug-likeness (QED) is 0.385. The molecule has 5 rings (SSSR count). The van der Waals surface area contributed by atoms with Crippen LogP contribution in [0.3, 0.4) is 0 Å². The van der Waals surface area contributed by atoms with E-state index < -0.39 is 9.84 Å². The van der Waals surface area contributed by atoms with Crippen LogP contribution in [0, 0.1) is 13.8 Å². The van der Waals surface area contributed by atoms with Crippen molar-refractivity contribution in [3.63, 3.8) is 0 Å².